The first kappa shape index (κ1) is 9.49. The van der Waals surface area contributed by atoms with Crippen LogP contribution in [0, 0.1) is 0 Å². The van der Waals surface area contributed by atoms with Crippen LogP contribution in [-0.4, -0.2) is 12.5 Å². The highest BCUT2D eigenvalue weighted by Gasteiger charge is 2.33. The van der Waals surface area contributed by atoms with E-state index >= 15 is 0 Å². The van der Waals surface area contributed by atoms with Crippen LogP contribution in [0.2, 0.25) is 5.02 Å². The number of carbonyl (C=O) groups is 1. The van der Waals surface area contributed by atoms with Gasteiger partial charge in [-0.1, -0.05) is 11.6 Å². The summed E-state index contributed by atoms with van der Waals surface area (Å²) in [4.78, 5) is 13.3. The number of fused-ring (bicyclic) bond motifs is 1. The number of anilines is 1. The number of rotatable bonds is 1. The lowest BCUT2D eigenvalue weighted by Gasteiger charge is -2.14. The highest BCUT2D eigenvalue weighted by Crippen LogP contribution is 2.35. The van der Waals surface area contributed by atoms with E-state index in [1.165, 1.54) is 0 Å². The molecular weight excluding hydrogens is 200 g/mol. The van der Waals surface area contributed by atoms with Gasteiger partial charge in [-0.3, -0.25) is 4.79 Å². The van der Waals surface area contributed by atoms with Gasteiger partial charge in [0.05, 0.1) is 0 Å². The molecule has 1 aliphatic heterocycles. The van der Waals surface area contributed by atoms with Gasteiger partial charge in [-0.05, 0) is 25.1 Å². The molecule has 0 spiro atoms. The molecule has 0 saturated carbocycles. The number of nitrogens with two attached hydrogens (primary N) is 1. The van der Waals surface area contributed by atoms with Crippen molar-refractivity contribution in [1.29, 1.82) is 0 Å². The zero-order valence-corrected chi connectivity index (χ0v) is 8.58. The smallest absolute Gasteiger partial charge is 0.248 e. The second-order valence-corrected chi connectivity index (χ2v) is 3.70. The molecule has 0 aliphatic carbocycles. The number of nitrogens with zero attached hydrogens (tertiary/aromatic N) is 1. The zero-order chi connectivity index (χ0) is 10.3. The SMILES string of the molecule is CCN1C(=O)[C@H](N)c2cc(Cl)ccc21. The molecule has 1 aliphatic rings. The van der Waals surface area contributed by atoms with Crippen molar-refractivity contribution in [3.8, 4) is 0 Å². The van der Waals surface area contributed by atoms with Gasteiger partial charge in [0.2, 0.25) is 5.91 Å². The highest BCUT2D eigenvalue weighted by atomic mass is 35.5. The van der Waals surface area contributed by atoms with E-state index in [1.807, 2.05) is 13.0 Å². The monoisotopic (exact) mass is 210 g/mol. The Bertz CT molecular complexity index is 392. The van der Waals surface area contributed by atoms with Crippen LogP contribution in [0.25, 0.3) is 0 Å². The van der Waals surface area contributed by atoms with E-state index in [0.29, 0.717) is 11.6 Å². The molecule has 3 nitrogen and oxygen atoms in total. The summed E-state index contributed by atoms with van der Waals surface area (Å²) in [5, 5.41) is 0.616. The number of hydrogen-bond acceptors (Lipinski definition) is 2. The summed E-state index contributed by atoms with van der Waals surface area (Å²) in [6.07, 6.45) is 0. The molecule has 1 aromatic carbocycles. The minimum Gasteiger partial charge on any atom is -0.316 e. The first-order chi connectivity index (χ1) is 6.65. The van der Waals surface area contributed by atoms with Crippen LogP contribution in [0.5, 0.6) is 0 Å². The second kappa shape index (κ2) is 3.26. The Kier molecular flexibility index (Phi) is 2.21. The van der Waals surface area contributed by atoms with Crippen molar-refractivity contribution in [2.24, 2.45) is 5.73 Å². The van der Waals surface area contributed by atoms with E-state index in [-0.39, 0.29) is 5.91 Å². The summed E-state index contributed by atoms with van der Waals surface area (Å²) in [5.74, 6) is -0.0511. The molecule has 0 radical (unpaired) electrons. The Labute approximate surface area is 87.4 Å². The maximum Gasteiger partial charge on any atom is 0.248 e. The minimum atomic E-state index is -0.552. The largest absolute Gasteiger partial charge is 0.316 e. The van der Waals surface area contributed by atoms with Crippen molar-refractivity contribution < 1.29 is 4.79 Å². The number of likely N-dealkylation sites (N-methyl/N-ethyl adjacent to an activating group) is 1. The van der Waals surface area contributed by atoms with E-state index in [0.717, 1.165) is 11.3 Å². The maximum atomic E-state index is 11.7. The topological polar surface area (TPSA) is 46.3 Å². The number of amides is 1. The van der Waals surface area contributed by atoms with Crippen LogP contribution in [0.15, 0.2) is 18.2 Å². The summed E-state index contributed by atoms with van der Waals surface area (Å²) in [7, 11) is 0. The summed E-state index contributed by atoms with van der Waals surface area (Å²) < 4.78 is 0. The summed E-state index contributed by atoms with van der Waals surface area (Å²) in [6.45, 7) is 2.56. The molecule has 1 atom stereocenters. The Morgan fingerprint density at radius 1 is 1.57 bits per heavy atom. The molecule has 0 saturated heterocycles. The van der Waals surface area contributed by atoms with Crippen molar-refractivity contribution in [2.45, 2.75) is 13.0 Å². The molecule has 0 unspecified atom stereocenters. The Morgan fingerprint density at radius 3 is 2.93 bits per heavy atom. The summed E-state index contributed by atoms with van der Waals surface area (Å²) in [6, 6.07) is 4.82. The van der Waals surface area contributed by atoms with Crippen LogP contribution in [-0.2, 0) is 4.79 Å². The lowest BCUT2D eigenvalue weighted by molar-refractivity contribution is -0.119. The normalized spacial score (nSPS) is 20.1. The molecule has 4 heteroatoms. The van der Waals surface area contributed by atoms with Gasteiger partial charge in [0.15, 0.2) is 0 Å². The Balaban J connectivity index is 2.55. The van der Waals surface area contributed by atoms with E-state index in [4.69, 9.17) is 17.3 Å². The first-order valence-corrected chi connectivity index (χ1v) is 4.89. The molecule has 2 rings (SSSR count). The lowest BCUT2D eigenvalue weighted by Crippen LogP contribution is -2.31. The molecule has 1 heterocycles. The fourth-order valence-corrected chi connectivity index (χ4v) is 1.95. The van der Waals surface area contributed by atoms with Gasteiger partial charge in [-0.25, -0.2) is 0 Å². The van der Waals surface area contributed by atoms with E-state index in [9.17, 15) is 4.79 Å². The fourth-order valence-electron chi connectivity index (χ4n) is 1.77. The van der Waals surface area contributed by atoms with Crippen LogP contribution in [0.4, 0.5) is 5.69 Å². The molecule has 0 fully saturated rings. The summed E-state index contributed by atoms with van der Waals surface area (Å²) in [5.41, 5.74) is 7.48. The lowest BCUT2D eigenvalue weighted by atomic mass is 10.1. The number of carbonyl (C=O) groups excluding carboxylic acids is 1. The molecule has 1 amide bonds. The van der Waals surface area contributed by atoms with Gasteiger partial charge in [0, 0.05) is 22.8 Å². The molecule has 74 valence electrons. The van der Waals surface area contributed by atoms with Crippen LogP contribution < -0.4 is 10.6 Å². The second-order valence-electron chi connectivity index (χ2n) is 3.26. The number of benzene rings is 1. The molecular formula is C10H11ClN2O. The van der Waals surface area contributed by atoms with Gasteiger partial charge < -0.3 is 10.6 Å². The van der Waals surface area contributed by atoms with E-state index < -0.39 is 6.04 Å². The standard InChI is InChI=1S/C10H11ClN2O/c1-2-13-8-4-3-6(11)5-7(8)9(12)10(13)14/h3-5,9H,2,12H2,1H3/t9-/m1/s1. The number of hydrogen-bond donors (Lipinski definition) is 1. The maximum absolute atomic E-state index is 11.7. The third-order valence-electron chi connectivity index (χ3n) is 2.46. The minimum absolute atomic E-state index is 0.0511. The molecule has 0 bridgehead atoms. The van der Waals surface area contributed by atoms with Crippen LogP contribution in [0.1, 0.15) is 18.5 Å². The zero-order valence-electron chi connectivity index (χ0n) is 7.83. The van der Waals surface area contributed by atoms with Gasteiger partial charge in [-0.2, -0.15) is 0 Å². The fraction of sp³-hybridized carbons (Fsp3) is 0.300. The molecule has 2 N–H and O–H groups in total. The Hall–Kier alpha value is -1.06. The van der Waals surface area contributed by atoms with Crippen molar-refractivity contribution in [1.82, 2.24) is 0 Å². The van der Waals surface area contributed by atoms with Crippen LogP contribution >= 0.6 is 11.6 Å². The number of halogens is 1. The van der Waals surface area contributed by atoms with Gasteiger partial charge in [0.25, 0.3) is 0 Å². The van der Waals surface area contributed by atoms with Gasteiger partial charge in [-0.15, -0.1) is 0 Å². The van der Waals surface area contributed by atoms with Crippen LogP contribution in [0.3, 0.4) is 0 Å². The van der Waals surface area contributed by atoms with Gasteiger partial charge in [0.1, 0.15) is 6.04 Å². The quantitative estimate of drug-likeness (QED) is 0.767. The Morgan fingerprint density at radius 2 is 2.29 bits per heavy atom. The van der Waals surface area contributed by atoms with E-state index in [1.54, 1.807) is 17.0 Å². The van der Waals surface area contributed by atoms with Gasteiger partial charge >= 0.3 is 0 Å². The predicted octanol–water partition coefficient (Wildman–Crippen LogP) is 1.71. The molecule has 1 aromatic rings. The predicted molar refractivity (Wildman–Crippen MR) is 56.4 cm³/mol. The average Bonchev–Trinajstić information content (AvgIpc) is 2.41. The molecule has 14 heavy (non-hydrogen) atoms. The van der Waals surface area contributed by atoms with Crippen molar-refractivity contribution in [2.75, 3.05) is 11.4 Å². The summed E-state index contributed by atoms with van der Waals surface area (Å²) >= 11 is 5.84. The van der Waals surface area contributed by atoms with E-state index in [2.05, 4.69) is 0 Å². The van der Waals surface area contributed by atoms with Crippen molar-refractivity contribution >= 4 is 23.2 Å². The molecule has 0 aromatic heterocycles. The highest BCUT2D eigenvalue weighted by molar-refractivity contribution is 6.31. The van der Waals surface area contributed by atoms with Crippen molar-refractivity contribution in [3.05, 3.63) is 28.8 Å². The third-order valence-corrected chi connectivity index (χ3v) is 2.70. The first-order valence-electron chi connectivity index (χ1n) is 4.51. The van der Waals surface area contributed by atoms with Crippen molar-refractivity contribution in [3.63, 3.8) is 0 Å². The third kappa shape index (κ3) is 1.21. The average molecular weight is 211 g/mol.